The summed E-state index contributed by atoms with van der Waals surface area (Å²) in [6.45, 7) is -1.18. The van der Waals surface area contributed by atoms with Gasteiger partial charge in [-0.2, -0.15) is 13.2 Å². The Balaban J connectivity index is 1.62. The van der Waals surface area contributed by atoms with Gasteiger partial charge in [-0.25, -0.2) is 0 Å². The molecule has 6 nitrogen and oxygen atoms in total. The van der Waals surface area contributed by atoms with Gasteiger partial charge in [-0.15, -0.1) is 0 Å². The van der Waals surface area contributed by atoms with E-state index in [1.54, 1.807) is 6.07 Å². The molecule has 1 aromatic rings. The Morgan fingerprint density at radius 1 is 1.11 bits per heavy atom. The highest BCUT2D eigenvalue weighted by atomic mass is 35.5. The number of carbonyl (C=O) groups excluding carboxylic acids is 3. The van der Waals surface area contributed by atoms with Crippen LogP contribution in [0.1, 0.15) is 12.8 Å². The molecule has 2 saturated heterocycles. The molecule has 2 fully saturated rings. The van der Waals surface area contributed by atoms with Gasteiger partial charge in [0.15, 0.2) is 0 Å². The Kier molecular flexibility index (Phi) is 5.77. The number of hydrogen-bond acceptors (Lipinski definition) is 3. The van der Waals surface area contributed by atoms with Crippen LogP contribution in [0.15, 0.2) is 18.2 Å². The number of rotatable bonds is 4. The molecule has 0 spiro atoms. The van der Waals surface area contributed by atoms with Crippen LogP contribution in [0, 0.1) is 5.92 Å². The number of amides is 3. The minimum absolute atomic E-state index is 0.0675. The average Bonchev–Trinajstić information content (AvgIpc) is 3.13. The van der Waals surface area contributed by atoms with Crippen molar-refractivity contribution >= 4 is 46.6 Å². The molecular weight excluding hydrogens is 422 g/mol. The SMILES string of the molecule is O=C(NC1CCN(CC(F)(F)F)C1=O)C1CCN(c2ccc(Cl)c(Cl)c2)C1=O. The number of likely N-dealkylation sites (tertiary alicyclic amines) is 1. The number of halogens is 5. The summed E-state index contributed by atoms with van der Waals surface area (Å²) in [5.41, 5.74) is 0.489. The van der Waals surface area contributed by atoms with Crippen molar-refractivity contribution in [2.45, 2.75) is 25.1 Å². The third-order valence-electron chi connectivity index (χ3n) is 4.72. The van der Waals surface area contributed by atoms with Crippen LogP contribution in [-0.4, -0.2) is 54.5 Å². The van der Waals surface area contributed by atoms with Gasteiger partial charge in [0.1, 0.15) is 18.5 Å². The van der Waals surface area contributed by atoms with Crippen LogP contribution in [0.3, 0.4) is 0 Å². The lowest BCUT2D eigenvalue weighted by molar-refractivity contribution is -0.158. The molecule has 2 heterocycles. The Labute approximate surface area is 168 Å². The summed E-state index contributed by atoms with van der Waals surface area (Å²) in [5.74, 6) is -2.94. The second-order valence-electron chi connectivity index (χ2n) is 6.65. The quantitative estimate of drug-likeness (QED) is 0.736. The lowest BCUT2D eigenvalue weighted by Crippen LogP contribution is -2.46. The summed E-state index contributed by atoms with van der Waals surface area (Å²) in [6, 6.07) is 3.59. The highest BCUT2D eigenvalue weighted by Crippen LogP contribution is 2.31. The molecule has 1 aromatic carbocycles. The van der Waals surface area contributed by atoms with Crippen molar-refractivity contribution in [1.82, 2.24) is 10.2 Å². The van der Waals surface area contributed by atoms with Crippen molar-refractivity contribution < 1.29 is 27.6 Å². The van der Waals surface area contributed by atoms with Gasteiger partial charge in [-0.1, -0.05) is 23.2 Å². The zero-order valence-corrected chi connectivity index (χ0v) is 15.9. The minimum Gasteiger partial charge on any atom is -0.344 e. The van der Waals surface area contributed by atoms with E-state index >= 15 is 0 Å². The van der Waals surface area contributed by atoms with E-state index in [0.29, 0.717) is 15.6 Å². The summed E-state index contributed by atoms with van der Waals surface area (Å²) >= 11 is 11.8. The van der Waals surface area contributed by atoms with Gasteiger partial charge in [0.25, 0.3) is 0 Å². The van der Waals surface area contributed by atoms with E-state index in [9.17, 15) is 27.6 Å². The number of nitrogens with one attached hydrogen (secondary N) is 1. The highest BCUT2D eigenvalue weighted by Gasteiger charge is 2.43. The maximum Gasteiger partial charge on any atom is 0.406 e. The third-order valence-corrected chi connectivity index (χ3v) is 5.46. The van der Waals surface area contributed by atoms with Crippen molar-refractivity contribution in [3.05, 3.63) is 28.2 Å². The largest absolute Gasteiger partial charge is 0.406 e. The monoisotopic (exact) mass is 437 g/mol. The second-order valence-corrected chi connectivity index (χ2v) is 7.47. The number of hydrogen-bond donors (Lipinski definition) is 1. The summed E-state index contributed by atoms with van der Waals surface area (Å²) in [7, 11) is 0. The Morgan fingerprint density at radius 3 is 2.46 bits per heavy atom. The number of nitrogens with zero attached hydrogens (tertiary/aromatic N) is 2. The summed E-state index contributed by atoms with van der Waals surface area (Å²) in [4.78, 5) is 39.1. The molecule has 2 atom stereocenters. The molecule has 3 amide bonds. The first-order valence-electron chi connectivity index (χ1n) is 8.49. The average molecular weight is 438 g/mol. The van der Waals surface area contributed by atoms with Crippen LogP contribution in [0.25, 0.3) is 0 Å². The molecule has 3 rings (SSSR count). The first-order chi connectivity index (χ1) is 13.1. The van der Waals surface area contributed by atoms with Crippen molar-refractivity contribution in [3.8, 4) is 0 Å². The van der Waals surface area contributed by atoms with Gasteiger partial charge >= 0.3 is 6.18 Å². The van der Waals surface area contributed by atoms with Crippen LogP contribution in [0.4, 0.5) is 18.9 Å². The first-order valence-corrected chi connectivity index (χ1v) is 9.25. The van der Waals surface area contributed by atoms with E-state index in [1.165, 1.54) is 17.0 Å². The van der Waals surface area contributed by atoms with Crippen LogP contribution < -0.4 is 10.2 Å². The lowest BCUT2D eigenvalue weighted by Gasteiger charge is -2.20. The normalized spacial score (nSPS) is 22.9. The number of alkyl halides is 3. The fraction of sp³-hybridized carbons (Fsp3) is 0.471. The molecule has 2 unspecified atom stereocenters. The standard InChI is InChI=1S/C17H16Cl2F3N3O3/c18-11-2-1-9(7-12(11)19)25-6-3-10(15(25)27)14(26)23-13-4-5-24(16(13)28)8-17(20,21)22/h1-2,7,10,13H,3-6,8H2,(H,23,26). The predicted molar refractivity (Wildman–Crippen MR) is 96.1 cm³/mol. The van der Waals surface area contributed by atoms with Gasteiger partial charge in [-0.05, 0) is 31.0 Å². The fourth-order valence-electron chi connectivity index (χ4n) is 3.35. The van der Waals surface area contributed by atoms with E-state index in [-0.39, 0.29) is 31.0 Å². The molecule has 2 aliphatic heterocycles. The molecule has 1 N–H and O–H groups in total. The topological polar surface area (TPSA) is 69.7 Å². The first kappa shape index (κ1) is 20.7. The minimum atomic E-state index is -4.50. The molecule has 0 aliphatic carbocycles. The van der Waals surface area contributed by atoms with Crippen LogP contribution in [0.5, 0.6) is 0 Å². The molecule has 0 aromatic heterocycles. The summed E-state index contributed by atoms with van der Waals surface area (Å²) < 4.78 is 37.4. The predicted octanol–water partition coefficient (Wildman–Crippen LogP) is 2.63. The van der Waals surface area contributed by atoms with Gasteiger partial charge in [0.2, 0.25) is 17.7 Å². The maximum absolute atomic E-state index is 12.6. The third kappa shape index (κ3) is 4.35. The molecule has 152 valence electrons. The Hall–Kier alpha value is -2.00. The Bertz CT molecular complexity index is 819. The van der Waals surface area contributed by atoms with Gasteiger partial charge in [-0.3, -0.25) is 14.4 Å². The zero-order chi connectivity index (χ0) is 20.6. The Morgan fingerprint density at radius 2 is 1.82 bits per heavy atom. The van der Waals surface area contributed by atoms with E-state index < -0.39 is 42.4 Å². The van der Waals surface area contributed by atoms with Crippen LogP contribution in [0.2, 0.25) is 10.0 Å². The van der Waals surface area contributed by atoms with Crippen molar-refractivity contribution in [2.75, 3.05) is 24.5 Å². The van der Waals surface area contributed by atoms with Crippen molar-refractivity contribution in [3.63, 3.8) is 0 Å². The van der Waals surface area contributed by atoms with E-state index in [2.05, 4.69) is 5.32 Å². The highest BCUT2D eigenvalue weighted by molar-refractivity contribution is 6.42. The van der Waals surface area contributed by atoms with Gasteiger partial charge < -0.3 is 15.1 Å². The number of anilines is 1. The van der Waals surface area contributed by atoms with Crippen molar-refractivity contribution in [2.24, 2.45) is 5.92 Å². The number of carbonyl (C=O) groups is 3. The molecule has 0 saturated carbocycles. The van der Waals surface area contributed by atoms with E-state index in [4.69, 9.17) is 23.2 Å². The number of benzene rings is 1. The van der Waals surface area contributed by atoms with E-state index in [0.717, 1.165) is 0 Å². The molecule has 11 heteroatoms. The second kappa shape index (κ2) is 7.79. The summed E-state index contributed by atoms with van der Waals surface area (Å²) in [6.07, 6.45) is -4.22. The zero-order valence-electron chi connectivity index (χ0n) is 14.4. The molecule has 0 radical (unpaired) electrons. The van der Waals surface area contributed by atoms with E-state index in [1.807, 2.05) is 0 Å². The van der Waals surface area contributed by atoms with Gasteiger partial charge in [0, 0.05) is 18.8 Å². The fourth-order valence-corrected chi connectivity index (χ4v) is 3.64. The summed E-state index contributed by atoms with van der Waals surface area (Å²) in [5, 5.41) is 3.01. The molecular formula is C17H16Cl2F3N3O3. The van der Waals surface area contributed by atoms with Gasteiger partial charge in [0.05, 0.1) is 10.0 Å². The van der Waals surface area contributed by atoms with Crippen LogP contribution in [-0.2, 0) is 14.4 Å². The van der Waals surface area contributed by atoms with Crippen LogP contribution >= 0.6 is 23.2 Å². The smallest absolute Gasteiger partial charge is 0.344 e. The maximum atomic E-state index is 12.6. The lowest BCUT2D eigenvalue weighted by atomic mass is 10.1. The molecule has 28 heavy (non-hydrogen) atoms. The van der Waals surface area contributed by atoms with Crippen molar-refractivity contribution in [1.29, 1.82) is 0 Å². The molecule has 2 aliphatic rings. The molecule has 0 bridgehead atoms.